The monoisotopic (exact) mass is 246 g/mol. The highest BCUT2D eigenvalue weighted by atomic mass is 15.0. The van der Waals surface area contributed by atoms with E-state index in [1.54, 1.807) is 0 Å². The molecule has 1 fully saturated rings. The number of hydrogen-bond donors (Lipinski definition) is 2. The van der Waals surface area contributed by atoms with E-state index in [2.05, 4.69) is 50.4 Å². The van der Waals surface area contributed by atoms with Gasteiger partial charge in [0.1, 0.15) is 0 Å². The lowest BCUT2D eigenvalue weighted by Crippen LogP contribution is -2.58. The molecule has 0 spiro atoms. The van der Waals surface area contributed by atoms with E-state index in [-0.39, 0.29) is 11.0 Å². The third kappa shape index (κ3) is 2.26. The average molecular weight is 246 g/mol. The van der Waals surface area contributed by atoms with Crippen molar-refractivity contribution in [2.24, 2.45) is 11.1 Å². The lowest BCUT2D eigenvalue weighted by Gasteiger charge is -2.51. The number of nitrogens with one attached hydrogen (secondary N) is 1. The van der Waals surface area contributed by atoms with Crippen molar-refractivity contribution in [1.29, 1.82) is 0 Å². The maximum atomic E-state index is 6.15. The molecule has 1 aliphatic carbocycles. The van der Waals surface area contributed by atoms with Gasteiger partial charge in [-0.2, -0.15) is 0 Å². The molecule has 2 nitrogen and oxygen atoms in total. The molecule has 0 amide bonds. The maximum absolute atomic E-state index is 6.15. The molecule has 18 heavy (non-hydrogen) atoms. The highest BCUT2D eigenvalue weighted by Gasteiger charge is 2.45. The number of para-hydroxylation sites is 1. The van der Waals surface area contributed by atoms with Gasteiger partial charge >= 0.3 is 0 Å². The number of nitrogens with two attached hydrogens (primary N) is 1. The van der Waals surface area contributed by atoms with Gasteiger partial charge in [-0.25, -0.2) is 0 Å². The third-order valence-corrected chi connectivity index (χ3v) is 4.82. The molecule has 100 valence electrons. The van der Waals surface area contributed by atoms with Gasteiger partial charge in [-0.15, -0.1) is 0 Å². The Labute approximate surface area is 111 Å². The van der Waals surface area contributed by atoms with Crippen LogP contribution < -0.4 is 11.1 Å². The number of benzene rings is 1. The minimum atomic E-state index is 0.0391. The summed E-state index contributed by atoms with van der Waals surface area (Å²) in [5.74, 6) is 0. The predicted octanol–water partition coefficient (Wildman–Crippen LogP) is 3.70. The molecule has 3 N–H and O–H groups in total. The van der Waals surface area contributed by atoms with E-state index in [0.717, 1.165) is 0 Å². The van der Waals surface area contributed by atoms with Crippen LogP contribution in [0.3, 0.4) is 0 Å². The molecular weight excluding hydrogens is 220 g/mol. The van der Waals surface area contributed by atoms with Crippen molar-refractivity contribution < 1.29 is 0 Å². The second kappa shape index (κ2) is 4.93. The van der Waals surface area contributed by atoms with Gasteiger partial charge in [-0.1, -0.05) is 44.9 Å². The first-order valence-corrected chi connectivity index (χ1v) is 7.05. The fraction of sp³-hybridized carbons (Fsp3) is 0.625. The van der Waals surface area contributed by atoms with Gasteiger partial charge in [0.25, 0.3) is 0 Å². The number of hydrogen-bond acceptors (Lipinski definition) is 2. The molecular formula is C16H26N2. The molecule has 1 aliphatic rings. The van der Waals surface area contributed by atoms with Crippen LogP contribution >= 0.6 is 0 Å². The van der Waals surface area contributed by atoms with Gasteiger partial charge in [0.2, 0.25) is 0 Å². The van der Waals surface area contributed by atoms with Gasteiger partial charge in [0, 0.05) is 12.2 Å². The van der Waals surface area contributed by atoms with E-state index in [9.17, 15) is 0 Å². The largest absolute Gasteiger partial charge is 0.378 e. The standard InChI is InChI=1S/C16H26N2/c1-13-8-4-5-9-14(13)18-16(12-17)11-7-6-10-15(16,2)3/h4-5,8-9,18H,6-7,10-12,17H2,1-3H3. The van der Waals surface area contributed by atoms with Crippen LogP contribution in [0.1, 0.15) is 45.1 Å². The first-order valence-electron chi connectivity index (χ1n) is 7.05. The van der Waals surface area contributed by atoms with Crippen LogP contribution in [0.4, 0.5) is 5.69 Å². The number of anilines is 1. The smallest absolute Gasteiger partial charge is 0.0546 e. The van der Waals surface area contributed by atoms with Gasteiger partial charge in [-0.05, 0) is 36.8 Å². The van der Waals surface area contributed by atoms with Crippen LogP contribution in [0.2, 0.25) is 0 Å². The fourth-order valence-electron chi connectivity index (χ4n) is 3.20. The number of rotatable bonds is 3. The van der Waals surface area contributed by atoms with E-state index >= 15 is 0 Å². The SMILES string of the molecule is Cc1ccccc1NC1(CN)CCCCC1(C)C. The third-order valence-electron chi connectivity index (χ3n) is 4.82. The Hall–Kier alpha value is -1.02. The first kappa shape index (κ1) is 13.4. The van der Waals surface area contributed by atoms with Crippen molar-refractivity contribution in [2.45, 2.75) is 52.0 Å². The molecule has 0 aromatic heterocycles. The minimum Gasteiger partial charge on any atom is -0.378 e. The van der Waals surface area contributed by atoms with E-state index in [0.29, 0.717) is 6.54 Å². The molecule has 0 aliphatic heterocycles. The van der Waals surface area contributed by atoms with Crippen molar-refractivity contribution in [2.75, 3.05) is 11.9 Å². The van der Waals surface area contributed by atoms with Gasteiger partial charge in [0.15, 0.2) is 0 Å². The molecule has 0 heterocycles. The zero-order valence-electron chi connectivity index (χ0n) is 11.9. The van der Waals surface area contributed by atoms with Crippen LogP contribution in [-0.4, -0.2) is 12.1 Å². The minimum absolute atomic E-state index is 0.0391. The zero-order chi connectivity index (χ0) is 13.2. The quantitative estimate of drug-likeness (QED) is 0.853. The normalized spacial score (nSPS) is 26.9. The van der Waals surface area contributed by atoms with Crippen molar-refractivity contribution in [3.05, 3.63) is 29.8 Å². The van der Waals surface area contributed by atoms with Crippen molar-refractivity contribution in [3.63, 3.8) is 0 Å². The fourth-order valence-corrected chi connectivity index (χ4v) is 3.20. The Morgan fingerprint density at radius 1 is 1.17 bits per heavy atom. The van der Waals surface area contributed by atoms with E-state index in [4.69, 9.17) is 5.73 Å². The molecule has 1 unspecified atom stereocenters. The molecule has 2 rings (SSSR count). The Morgan fingerprint density at radius 3 is 2.44 bits per heavy atom. The Morgan fingerprint density at radius 2 is 1.83 bits per heavy atom. The molecule has 1 aromatic carbocycles. The summed E-state index contributed by atoms with van der Waals surface area (Å²) in [6.07, 6.45) is 5.03. The van der Waals surface area contributed by atoms with Crippen molar-refractivity contribution in [1.82, 2.24) is 0 Å². The molecule has 1 saturated carbocycles. The van der Waals surface area contributed by atoms with Gasteiger partial charge < -0.3 is 11.1 Å². The Kier molecular flexibility index (Phi) is 3.67. The average Bonchev–Trinajstić information content (AvgIpc) is 2.34. The molecule has 1 aromatic rings. The summed E-state index contributed by atoms with van der Waals surface area (Å²) in [5, 5.41) is 3.78. The van der Waals surface area contributed by atoms with Crippen LogP contribution in [0.25, 0.3) is 0 Å². The summed E-state index contributed by atoms with van der Waals surface area (Å²) in [5.41, 5.74) is 8.97. The lowest BCUT2D eigenvalue weighted by atomic mass is 9.63. The highest BCUT2D eigenvalue weighted by molar-refractivity contribution is 5.53. The van der Waals surface area contributed by atoms with Crippen molar-refractivity contribution >= 4 is 5.69 Å². The second-order valence-electron chi connectivity index (χ2n) is 6.32. The predicted molar refractivity (Wildman–Crippen MR) is 78.8 cm³/mol. The summed E-state index contributed by atoms with van der Waals surface area (Å²) < 4.78 is 0. The van der Waals surface area contributed by atoms with Crippen LogP contribution in [0.5, 0.6) is 0 Å². The molecule has 0 bridgehead atoms. The molecule has 0 radical (unpaired) electrons. The summed E-state index contributed by atoms with van der Waals surface area (Å²) in [7, 11) is 0. The zero-order valence-corrected chi connectivity index (χ0v) is 11.9. The molecule has 1 atom stereocenters. The highest BCUT2D eigenvalue weighted by Crippen LogP contribution is 2.45. The van der Waals surface area contributed by atoms with Crippen molar-refractivity contribution in [3.8, 4) is 0 Å². The van der Waals surface area contributed by atoms with Gasteiger partial charge in [0.05, 0.1) is 5.54 Å². The van der Waals surface area contributed by atoms with E-state index in [1.807, 2.05) is 0 Å². The van der Waals surface area contributed by atoms with Crippen LogP contribution in [0.15, 0.2) is 24.3 Å². The summed E-state index contributed by atoms with van der Waals surface area (Å²) in [6.45, 7) is 7.56. The summed E-state index contributed by atoms with van der Waals surface area (Å²) in [6, 6.07) is 8.50. The Bertz CT molecular complexity index is 411. The number of aryl methyl sites for hydroxylation is 1. The summed E-state index contributed by atoms with van der Waals surface area (Å²) in [4.78, 5) is 0. The topological polar surface area (TPSA) is 38.0 Å². The first-order chi connectivity index (χ1) is 8.51. The van der Waals surface area contributed by atoms with Crippen LogP contribution in [0, 0.1) is 12.3 Å². The van der Waals surface area contributed by atoms with E-state index < -0.39 is 0 Å². The second-order valence-corrected chi connectivity index (χ2v) is 6.32. The summed E-state index contributed by atoms with van der Waals surface area (Å²) >= 11 is 0. The van der Waals surface area contributed by atoms with Crippen LogP contribution in [-0.2, 0) is 0 Å². The Balaban J connectivity index is 2.30. The maximum Gasteiger partial charge on any atom is 0.0546 e. The van der Waals surface area contributed by atoms with Gasteiger partial charge in [-0.3, -0.25) is 0 Å². The van der Waals surface area contributed by atoms with E-state index in [1.165, 1.54) is 36.9 Å². The molecule has 2 heteroatoms. The lowest BCUT2D eigenvalue weighted by molar-refractivity contribution is 0.125. The molecule has 0 saturated heterocycles.